The monoisotopic (exact) mass is 458 g/mol. The number of thiophene rings is 1. The van der Waals surface area contributed by atoms with Crippen LogP contribution in [-0.4, -0.2) is 17.3 Å². The Morgan fingerprint density at radius 2 is 1.90 bits per heavy atom. The standard InChI is InChI=1S/C20H15ClF3O3PS/c1-28(26,27)20(14-10-29-18-6-5-12(21)9-13(14)18)17(25)4-2-3-11-7-15(22)19(24)16(23)8-11/h2-3,5-10,20H,4H2,1H3,(H,26,27)/b3-2+. The first kappa shape index (κ1) is 21.8. The van der Waals surface area contributed by atoms with E-state index in [9.17, 15) is 27.4 Å². The van der Waals surface area contributed by atoms with Crippen LogP contribution in [0.5, 0.6) is 0 Å². The average molecular weight is 459 g/mol. The molecule has 0 saturated heterocycles. The first-order valence-corrected chi connectivity index (χ1v) is 11.8. The number of hydrogen-bond acceptors (Lipinski definition) is 3. The molecular weight excluding hydrogens is 444 g/mol. The van der Waals surface area contributed by atoms with Gasteiger partial charge >= 0.3 is 0 Å². The van der Waals surface area contributed by atoms with Crippen LogP contribution in [0.3, 0.4) is 0 Å². The van der Waals surface area contributed by atoms with Gasteiger partial charge in [-0.3, -0.25) is 9.36 Å². The Morgan fingerprint density at radius 3 is 2.52 bits per heavy atom. The molecule has 1 aromatic heterocycles. The fraction of sp³-hybridized carbons (Fsp3) is 0.150. The molecule has 1 N–H and O–H groups in total. The van der Waals surface area contributed by atoms with E-state index < -0.39 is 36.3 Å². The van der Waals surface area contributed by atoms with Crippen molar-refractivity contribution in [2.75, 3.05) is 6.66 Å². The van der Waals surface area contributed by atoms with E-state index in [0.717, 1.165) is 23.5 Å². The summed E-state index contributed by atoms with van der Waals surface area (Å²) in [6.07, 6.45) is 2.32. The van der Waals surface area contributed by atoms with Gasteiger partial charge in [-0.2, -0.15) is 0 Å². The maximum atomic E-state index is 13.3. The van der Waals surface area contributed by atoms with E-state index in [-0.39, 0.29) is 12.0 Å². The minimum absolute atomic E-state index is 0.0298. The Hall–Kier alpha value is -1.92. The topological polar surface area (TPSA) is 54.4 Å². The quantitative estimate of drug-likeness (QED) is 0.335. The largest absolute Gasteiger partial charge is 0.344 e. The first-order chi connectivity index (χ1) is 13.6. The average Bonchev–Trinajstić information content (AvgIpc) is 3.01. The van der Waals surface area contributed by atoms with Crippen molar-refractivity contribution in [1.29, 1.82) is 0 Å². The van der Waals surface area contributed by atoms with E-state index in [0.29, 0.717) is 16.0 Å². The molecule has 0 aliphatic heterocycles. The van der Waals surface area contributed by atoms with Gasteiger partial charge < -0.3 is 4.89 Å². The summed E-state index contributed by atoms with van der Waals surface area (Å²) in [6, 6.07) is 6.68. The Kier molecular flexibility index (Phi) is 6.34. The summed E-state index contributed by atoms with van der Waals surface area (Å²) in [5.74, 6) is -4.79. The van der Waals surface area contributed by atoms with Crippen LogP contribution in [0.4, 0.5) is 13.2 Å². The van der Waals surface area contributed by atoms with Gasteiger partial charge in [0.15, 0.2) is 23.2 Å². The molecule has 3 rings (SSSR count). The highest BCUT2D eigenvalue weighted by molar-refractivity contribution is 7.58. The van der Waals surface area contributed by atoms with Crippen LogP contribution in [0.2, 0.25) is 5.02 Å². The van der Waals surface area contributed by atoms with Gasteiger partial charge in [-0.05, 0) is 52.2 Å². The van der Waals surface area contributed by atoms with E-state index >= 15 is 0 Å². The normalized spacial score (nSPS) is 15.0. The molecule has 0 saturated carbocycles. The molecule has 3 aromatic rings. The first-order valence-electron chi connectivity index (χ1n) is 8.38. The number of fused-ring (bicyclic) bond motifs is 1. The van der Waals surface area contributed by atoms with Gasteiger partial charge in [0.05, 0.1) is 0 Å². The van der Waals surface area contributed by atoms with Gasteiger partial charge in [-0.1, -0.05) is 23.8 Å². The van der Waals surface area contributed by atoms with Crippen LogP contribution < -0.4 is 0 Å². The lowest BCUT2D eigenvalue weighted by molar-refractivity contribution is -0.118. The lowest BCUT2D eigenvalue weighted by Crippen LogP contribution is -2.11. The molecule has 0 amide bonds. The zero-order valence-electron chi connectivity index (χ0n) is 15.0. The van der Waals surface area contributed by atoms with Crippen molar-refractivity contribution in [2.45, 2.75) is 12.1 Å². The van der Waals surface area contributed by atoms with Crippen LogP contribution in [0.1, 0.15) is 23.2 Å². The van der Waals surface area contributed by atoms with Crippen molar-refractivity contribution in [2.24, 2.45) is 0 Å². The summed E-state index contributed by atoms with van der Waals surface area (Å²) in [5, 5.41) is 2.72. The predicted molar refractivity (Wildman–Crippen MR) is 110 cm³/mol. The van der Waals surface area contributed by atoms with Crippen LogP contribution in [-0.2, 0) is 9.36 Å². The SMILES string of the molecule is CP(=O)(O)C(C(=O)C/C=C/c1cc(F)c(F)c(F)c1)c1csc2ccc(Cl)cc12. The number of halogens is 4. The molecule has 0 aliphatic rings. The molecule has 0 radical (unpaired) electrons. The third-order valence-corrected chi connectivity index (χ3v) is 7.02. The molecule has 0 spiro atoms. The Balaban J connectivity index is 1.89. The fourth-order valence-electron chi connectivity index (χ4n) is 3.03. The summed E-state index contributed by atoms with van der Waals surface area (Å²) < 4.78 is 52.9. The number of carbonyl (C=O) groups excluding carboxylic acids is 1. The highest BCUT2D eigenvalue weighted by Gasteiger charge is 2.35. The number of benzene rings is 2. The van der Waals surface area contributed by atoms with Gasteiger partial charge in [-0.15, -0.1) is 11.3 Å². The lowest BCUT2D eigenvalue weighted by atomic mass is 10.0. The molecule has 2 atom stereocenters. The Morgan fingerprint density at radius 1 is 1.24 bits per heavy atom. The fourth-order valence-corrected chi connectivity index (χ4v) is 5.64. The number of rotatable bonds is 6. The summed E-state index contributed by atoms with van der Waals surface area (Å²) in [6.45, 7) is 1.11. The van der Waals surface area contributed by atoms with E-state index in [1.807, 2.05) is 0 Å². The van der Waals surface area contributed by atoms with Crippen LogP contribution >= 0.6 is 30.3 Å². The lowest BCUT2D eigenvalue weighted by Gasteiger charge is -2.18. The molecule has 3 nitrogen and oxygen atoms in total. The predicted octanol–water partition coefficient (Wildman–Crippen LogP) is 6.59. The number of Topliss-reactive ketones (excluding diaryl/α,β-unsaturated/α-hetero) is 1. The van der Waals surface area contributed by atoms with E-state index in [2.05, 4.69) is 0 Å². The maximum Gasteiger partial charge on any atom is 0.212 e. The van der Waals surface area contributed by atoms with Crippen molar-refractivity contribution in [1.82, 2.24) is 0 Å². The molecule has 0 aliphatic carbocycles. The second-order valence-corrected chi connectivity index (χ2v) is 10.3. The van der Waals surface area contributed by atoms with E-state index in [1.165, 1.54) is 23.5 Å². The molecule has 9 heteroatoms. The molecule has 29 heavy (non-hydrogen) atoms. The maximum absolute atomic E-state index is 13.3. The molecule has 152 valence electrons. The summed E-state index contributed by atoms with van der Waals surface area (Å²) in [4.78, 5) is 23.0. The number of ketones is 1. The molecule has 1 heterocycles. The van der Waals surface area contributed by atoms with Crippen LogP contribution in [0, 0.1) is 17.5 Å². The van der Waals surface area contributed by atoms with Crippen LogP contribution in [0.25, 0.3) is 16.2 Å². The van der Waals surface area contributed by atoms with Gasteiger partial charge in [0.2, 0.25) is 7.37 Å². The van der Waals surface area contributed by atoms with Crippen molar-refractivity contribution < 1.29 is 27.4 Å². The van der Waals surface area contributed by atoms with Gasteiger partial charge in [0.25, 0.3) is 0 Å². The van der Waals surface area contributed by atoms with Crippen molar-refractivity contribution in [3.05, 3.63) is 75.4 Å². The van der Waals surface area contributed by atoms with Gasteiger partial charge in [0.1, 0.15) is 5.66 Å². The highest BCUT2D eigenvalue weighted by atomic mass is 35.5. The summed E-state index contributed by atoms with van der Waals surface area (Å²) in [5.41, 5.74) is -0.818. The molecule has 0 bridgehead atoms. The smallest absolute Gasteiger partial charge is 0.212 e. The Labute approximate surface area is 173 Å². The van der Waals surface area contributed by atoms with E-state index in [1.54, 1.807) is 23.6 Å². The second kappa shape index (κ2) is 8.44. The molecular formula is C20H15ClF3O3PS. The minimum atomic E-state index is -3.86. The van der Waals surface area contributed by atoms with Gasteiger partial charge in [0, 0.05) is 22.8 Å². The Bertz CT molecular complexity index is 1150. The molecule has 0 fully saturated rings. The van der Waals surface area contributed by atoms with Crippen molar-refractivity contribution >= 4 is 52.3 Å². The highest BCUT2D eigenvalue weighted by Crippen LogP contribution is 2.55. The van der Waals surface area contributed by atoms with Crippen molar-refractivity contribution in [3.8, 4) is 0 Å². The van der Waals surface area contributed by atoms with Crippen molar-refractivity contribution in [3.63, 3.8) is 0 Å². The third kappa shape index (κ3) is 4.81. The molecule has 2 aromatic carbocycles. The zero-order valence-corrected chi connectivity index (χ0v) is 17.5. The van der Waals surface area contributed by atoms with Gasteiger partial charge in [-0.25, -0.2) is 13.2 Å². The summed E-state index contributed by atoms with van der Waals surface area (Å²) in [7, 11) is -3.86. The third-order valence-electron chi connectivity index (χ3n) is 4.28. The summed E-state index contributed by atoms with van der Waals surface area (Å²) >= 11 is 7.35. The zero-order chi connectivity index (χ0) is 21.3. The number of allylic oxidation sites excluding steroid dienone is 1. The second-order valence-electron chi connectivity index (χ2n) is 6.55. The number of carbonyl (C=O) groups is 1. The minimum Gasteiger partial charge on any atom is -0.344 e. The van der Waals surface area contributed by atoms with E-state index in [4.69, 9.17) is 11.6 Å². The molecule has 2 unspecified atom stereocenters. The number of hydrogen-bond donors (Lipinski definition) is 1. The van der Waals surface area contributed by atoms with Crippen LogP contribution in [0.15, 0.2) is 41.8 Å².